The van der Waals surface area contributed by atoms with Gasteiger partial charge in [0.05, 0.1) is 18.8 Å². The van der Waals surface area contributed by atoms with E-state index in [0.717, 1.165) is 12.4 Å². The summed E-state index contributed by atoms with van der Waals surface area (Å²) in [6.45, 7) is 5.64. The summed E-state index contributed by atoms with van der Waals surface area (Å²) in [5.41, 5.74) is 6.92. The molecule has 0 saturated carbocycles. The van der Waals surface area contributed by atoms with E-state index >= 15 is 0 Å². The van der Waals surface area contributed by atoms with Crippen molar-refractivity contribution < 1.29 is 4.74 Å². The lowest BCUT2D eigenvalue weighted by molar-refractivity contribution is 0.203. The average molecular weight is 181 g/mol. The number of ether oxygens (including phenoxy) is 1. The third-order valence-corrected chi connectivity index (χ3v) is 2.28. The summed E-state index contributed by atoms with van der Waals surface area (Å²) < 4.78 is 7.39. The zero-order valence-corrected chi connectivity index (χ0v) is 8.03. The zero-order chi connectivity index (χ0) is 9.42. The summed E-state index contributed by atoms with van der Waals surface area (Å²) in [5.74, 6) is 1.36. The number of aromatic nitrogens is 2. The molecule has 0 bridgehead atoms. The van der Waals surface area contributed by atoms with Gasteiger partial charge in [-0.25, -0.2) is 4.68 Å². The number of fused-ring (bicyclic) bond motifs is 1. The molecule has 4 nitrogen and oxygen atoms in total. The Hall–Kier alpha value is -1.03. The van der Waals surface area contributed by atoms with Gasteiger partial charge in [-0.15, -0.1) is 0 Å². The second kappa shape index (κ2) is 3.03. The smallest absolute Gasteiger partial charge is 0.215 e. The molecule has 2 N–H and O–H groups in total. The minimum absolute atomic E-state index is 0.0763. The number of nitrogens with two attached hydrogens (primary N) is 1. The molecule has 0 fully saturated rings. The molecule has 2 rings (SSSR count). The van der Waals surface area contributed by atoms with Crippen LogP contribution in [0.1, 0.15) is 25.3 Å². The van der Waals surface area contributed by atoms with Crippen LogP contribution in [-0.4, -0.2) is 22.4 Å². The lowest BCUT2D eigenvalue weighted by Crippen LogP contribution is -2.37. The van der Waals surface area contributed by atoms with Crippen LogP contribution in [0, 0.1) is 0 Å². The molecular formula is C9H15N3O. The second-order valence-electron chi connectivity index (χ2n) is 3.81. The summed E-state index contributed by atoms with van der Waals surface area (Å²) in [7, 11) is 0. The van der Waals surface area contributed by atoms with Crippen molar-refractivity contribution in [2.75, 3.05) is 6.61 Å². The van der Waals surface area contributed by atoms with Crippen LogP contribution in [0.3, 0.4) is 0 Å². The number of nitrogens with zero attached hydrogens (tertiary/aromatic N) is 2. The molecule has 1 atom stereocenters. The van der Waals surface area contributed by atoms with Crippen LogP contribution < -0.4 is 10.5 Å². The van der Waals surface area contributed by atoms with Crippen LogP contribution in [0.25, 0.3) is 0 Å². The first kappa shape index (κ1) is 8.56. The average Bonchev–Trinajstić information content (AvgIpc) is 2.46. The van der Waals surface area contributed by atoms with E-state index in [9.17, 15) is 0 Å². The zero-order valence-electron chi connectivity index (χ0n) is 8.03. The highest BCUT2D eigenvalue weighted by Crippen LogP contribution is 2.28. The Kier molecular flexibility index (Phi) is 2.00. The van der Waals surface area contributed by atoms with Gasteiger partial charge in [-0.2, -0.15) is 5.10 Å². The molecule has 1 aliphatic heterocycles. The van der Waals surface area contributed by atoms with Crippen molar-refractivity contribution in [1.82, 2.24) is 9.78 Å². The summed E-state index contributed by atoms with van der Waals surface area (Å²) in [6.07, 6.45) is 1.87. The number of hydrogen-bond acceptors (Lipinski definition) is 3. The van der Waals surface area contributed by atoms with Gasteiger partial charge in [0.1, 0.15) is 6.61 Å². The molecule has 4 heteroatoms. The molecule has 1 aromatic heterocycles. The van der Waals surface area contributed by atoms with Crippen LogP contribution in [-0.2, 0) is 6.54 Å². The van der Waals surface area contributed by atoms with Crippen LogP contribution in [0.5, 0.6) is 5.88 Å². The minimum Gasteiger partial charge on any atom is -0.476 e. The molecule has 1 aliphatic rings. The van der Waals surface area contributed by atoms with Crippen LogP contribution >= 0.6 is 0 Å². The van der Waals surface area contributed by atoms with Crippen molar-refractivity contribution >= 4 is 0 Å². The van der Waals surface area contributed by atoms with E-state index in [1.807, 2.05) is 10.9 Å². The standard InChI is InChI=1S/C9H15N3O/c1-6(2)8-3-11-12-4-7(10)5-13-9(8)12/h3,6-7H,4-5,10H2,1-2H3/t7-/m0/s1. The van der Waals surface area contributed by atoms with Crippen molar-refractivity contribution in [3.8, 4) is 5.88 Å². The molecular weight excluding hydrogens is 166 g/mol. The van der Waals surface area contributed by atoms with Gasteiger partial charge in [-0.05, 0) is 5.92 Å². The molecule has 0 aromatic carbocycles. The number of rotatable bonds is 1. The van der Waals surface area contributed by atoms with Gasteiger partial charge in [0.2, 0.25) is 5.88 Å². The Morgan fingerprint density at radius 2 is 2.46 bits per heavy atom. The Balaban J connectivity index is 2.33. The lowest BCUT2D eigenvalue weighted by Gasteiger charge is -2.22. The van der Waals surface area contributed by atoms with Crippen LogP contribution in [0.2, 0.25) is 0 Å². The fraction of sp³-hybridized carbons (Fsp3) is 0.667. The van der Waals surface area contributed by atoms with E-state index in [1.165, 1.54) is 5.56 Å². The summed E-state index contributed by atoms with van der Waals surface area (Å²) in [4.78, 5) is 0. The first-order valence-corrected chi connectivity index (χ1v) is 4.62. The second-order valence-corrected chi connectivity index (χ2v) is 3.81. The molecule has 0 unspecified atom stereocenters. The molecule has 0 radical (unpaired) electrons. The van der Waals surface area contributed by atoms with Crippen molar-refractivity contribution in [3.05, 3.63) is 11.8 Å². The van der Waals surface area contributed by atoms with Crippen LogP contribution in [0.4, 0.5) is 0 Å². The third-order valence-electron chi connectivity index (χ3n) is 2.28. The summed E-state index contributed by atoms with van der Waals surface area (Å²) >= 11 is 0. The first-order valence-electron chi connectivity index (χ1n) is 4.62. The van der Waals surface area contributed by atoms with Gasteiger partial charge >= 0.3 is 0 Å². The van der Waals surface area contributed by atoms with Gasteiger partial charge in [-0.1, -0.05) is 13.8 Å². The topological polar surface area (TPSA) is 53.1 Å². The molecule has 13 heavy (non-hydrogen) atoms. The van der Waals surface area contributed by atoms with E-state index < -0.39 is 0 Å². The molecule has 72 valence electrons. The Morgan fingerprint density at radius 1 is 1.69 bits per heavy atom. The van der Waals surface area contributed by atoms with E-state index in [-0.39, 0.29) is 6.04 Å². The minimum atomic E-state index is 0.0763. The van der Waals surface area contributed by atoms with Gasteiger partial charge in [0, 0.05) is 5.56 Å². The fourth-order valence-corrected chi connectivity index (χ4v) is 1.53. The fourth-order valence-electron chi connectivity index (χ4n) is 1.53. The Bertz CT molecular complexity index is 306. The predicted octanol–water partition coefficient (Wildman–Crippen LogP) is 0.726. The SMILES string of the molecule is CC(C)c1cnn2c1OC[C@@H](N)C2. The highest BCUT2D eigenvalue weighted by Gasteiger charge is 2.21. The van der Waals surface area contributed by atoms with Crippen molar-refractivity contribution in [1.29, 1.82) is 0 Å². The van der Waals surface area contributed by atoms with E-state index in [1.54, 1.807) is 0 Å². The van der Waals surface area contributed by atoms with Crippen molar-refractivity contribution in [3.63, 3.8) is 0 Å². The highest BCUT2D eigenvalue weighted by atomic mass is 16.5. The van der Waals surface area contributed by atoms with Gasteiger partial charge < -0.3 is 10.5 Å². The lowest BCUT2D eigenvalue weighted by atomic mass is 10.1. The summed E-state index contributed by atoms with van der Waals surface area (Å²) in [6, 6.07) is 0.0763. The largest absolute Gasteiger partial charge is 0.476 e. The summed E-state index contributed by atoms with van der Waals surface area (Å²) in [5, 5.41) is 4.24. The predicted molar refractivity (Wildman–Crippen MR) is 49.8 cm³/mol. The maximum Gasteiger partial charge on any atom is 0.215 e. The Labute approximate surface area is 77.7 Å². The van der Waals surface area contributed by atoms with Gasteiger partial charge in [0.25, 0.3) is 0 Å². The molecule has 0 amide bonds. The molecule has 1 aromatic rings. The molecule has 0 saturated heterocycles. The van der Waals surface area contributed by atoms with Gasteiger partial charge in [-0.3, -0.25) is 0 Å². The molecule has 2 heterocycles. The maximum atomic E-state index is 5.75. The highest BCUT2D eigenvalue weighted by molar-refractivity contribution is 5.28. The normalized spacial score (nSPS) is 21.4. The van der Waals surface area contributed by atoms with E-state index in [4.69, 9.17) is 10.5 Å². The quantitative estimate of drug-likeness (QED) is 0.694. The van der Waals surface area contributed by atoms with Crippen molar-refractivity contribution in [2.45, 2.75) is 32.4 Å². The number of hydrogen-bond donors (Lipinski definition) is 1. The van der Waals surface area contributed by atoms with E-state index in [2.05, 4.69) is 18.9 Å². The van der Waals surface area contributed by atoms with E-state index in [0.29, 0.717) is 12.5 Å². The molecule has 0 spiro atoms. The van der Waals surface area contributed by atoms with Crippen molar-refractivity contribution in [2.24, 2.45) is 5.73 Å². The van der Waals surface area contributed by atoms with Gasteiger partial charge in [0.15, 0.2) is 0 Å². The Morgan fingerprint density at radius 3 is 3.15 bits per heavy atom. The monoisotopic (exact) mass is 181 g/mol. The molecule has 0 aliphatic carbocycles. The first-order chi connectivity index (χ1) is 6.18. The maximum absolute atomic E-state index is 5.75. The third kappa shape index (κ3) is 1.42. The van der Waals surface area contributed by atoms with Crippen LogP contribution in [0.15, 0.2) is 6.20 Å².